The van der Waals surface area contributed by atoms with Gasteiger partial charge in [-0.1, -0.05) is 17.9 Å². The lowest BCUT2D eigenvalue weighted by Gasteiger charge is -2.17. The molecule has 178 valence electrons. The van der Waals surface area contributed by atoms with Crippen LogP contribution in [0, 0.1) is 17.7 Å². The number of amides is 2. The normalized spacial score (nSPS) is 10.7. The van der Waals surface area contributed by atoms with Gasteiger partial charge >= 0.3 is 6.18 Å². The van der Waals surface area contributed by atoms with E-state index in [0.29, 0.717) is 10.5 Å². The highest BCUT2D eigenvalue weighted by Gasteiger charge is 2.36. The van der Waals surface area contributed by atoms with Crippen molar-refractivity contribution in [3.05, 3.63) is 94.4 Å². The standard InChI is InChI=1S/C23H14ClF4N5O2/c24-33(19-3-1-2-8-31-19)21(35)17-11-13(6-7-18(17)23(26,27)28)4-5-14-9-15(12-16(25)10-14)20(34)32-22(29)30/h1-3,6-12H,(H4,29,30,32,34). The van der Waals surface area contributed by atoms with E-state index in [2.05, 4.69) is 21.8 Å². The predicted octanol–water partition coefficient (Wildman–Crippen LogP) is 3.85. The summed E-state index contributed by atoms with van der Waals surface area (Å²) >= 11 is 5.95. The molecule has 0 unspecified atom stereocenters. The number of aromatic nitrogens is 1. The van der Waals surface area contributed by atoms with Crippen molar-refractivity contribution >= 4 is 35.4 Å². The van der Waals surface area contributed by atoms with Gasteiger partial charge in [-0.25, -0.2) is 9.37 Å². The largest absolute Gasteiger partial charge is 0.417 e. The van der Waals surface area contributed by atoms with Gasteiger partial charge in [0, 0.05) is 34.7 Å². The van der Waals surface area contributed by atoms with Crippen molar-refractivity contribution in [1.82, 2.24) is 4.98 Å². The number of carbonyl (C=O) groups is 2. The van der Waals surface area contributed by atoms with Crippen LogP contribution in [0.1, 0.15) is 37.4 Å². The minimum atomic E-state index is -4.86. The molecular formula is C23H14ClF4N5O2. The number of anilines is 1. The monoisotopic (exact) mass is 503 g/mol. The second-order valence-electron chi connectivity index (χ2n) is 6.85. The number of nitrogens with zero attached hydrogens (tertiary/aromatic N) is 3. The van der Waals surface area contributed by atoms with E-state index in [-0.39, 0.29) is 22.5 Å². The number of hydrogen-bond acceptors (Lipinski definition) is 3. The molecule has 0 radical (unpaired) electrons. The number of benzene rings is 2. The molecule has 2 amide bonds. The average molecular weight is 504 g/mol. The highest BCUT2D eigenvalue weighted by atomic mass is 35.5. The molecule has 0 saturated carbocycles. The van der Waals surface area contributed by atoms with E-state index in [1.54, 1.807) is 6.07 Å². The summed E-state index contributed by atoms with van der Waals surface area (Å²) in [6.45, 7) is 0. The fourth-order valence-electron chi connectivity index (χ4n) is 2.84. The van der Waals surface area contributed by atoms with Crippen LogP contribution in [0.2, 0.25) is 0 Å². The van der Waals surface area contributed by atoms with Gasteiger partial charge in [0.2, 0.25) is 0 Å². The van der Waals surface area contributed by atoms with Crippen LogP contribution in [0.3, 0.4) is 0 Å². The summed E-state index contributed by atoms with van der Waals surface area (Å²) in [7, 11) is 0. The summed E-state index contributed by atoms with van der Waals surface area (Å²) in [6, 6.07) is 10.1. The van der Waals surface area contributed by atoms with Crippen LogP contribution < -0.4 is 15.9 Å². The molecule has 0 aliphatic heterocycles. The number of rotatable bonds is 3. The van der Waals surface area contributed by atoms with E-state index < -0.39 is 40.9 Å². The number of nitrogens with two attached hydrogens (primary N) is 2. The lowest BCUT2D eigenvalue weighted by atomic mass is 10.0. The molecule has 1 heterocycles. The maximum absolute atomic E-state index is 13.9. The van der Waals surface area contributed by atoms with E-state index in [0.717, 1.165) is 24.3 Å². The van der Waals surface area contributed by atoms with E-state index in [1.807, 2.05) is 0 Å². The number of hydrogen-bond donors (Lipinski definition) is 2. The van der Waals surface area contributed by atoms with Gasteiger partial charge in [0.05, 0.1) is 11.1 Å². The molecule has 0 aliphatic rings. The quantitative estimate of drug-likeness (QED) is 0.185. The van der Waals surface area contributed by atoms with Crippen LogP contribution in [0.4, 0.5) is 23.4 Å². The van der Waals surface area contributed by atoms with E-state index in [9.17, 15) is 27.2 Å². The van der Waals surface area contributed by atoms with Crippen LogP contribution >= 0.6 is 11.8 Å². The maximum Gasteiger partial charge on any atom is 0.417 e. The number of alkyl halides is 3. The molecule has 2 aromatic carbocycles. The summed E-state index contributed by atoms with van der Waals surface area (Å²) in [6.07, 6.45) is -3.54. The van der Waals surface area contributed by atoms with Crippen LogP contribution in [0.25, 0.3) is 0 Å². The first kappa shape index (κ1) is 25.2. The Balaban J connectivity index is 2.02. The fraction of sp³-hybridized carbons (Fsp3) is 0.0435. The highest BCUT2D eigenvalue weighted by Crippen LogP contribution is 2.34. The molecule has 7 nitrogen and oxygen atoms in total. The summed E-state index contributed by atoms with van der Waals surface area (Å²) in [4.78, 5) is 31.9. The Labute approximate surface area is 201 Å². The molecule has 12 heteroatoms. The van der Waals surface area contributed by atoms with Gasteiger partial charge in [-0.05, 0) is 48.5 Å². The zero-order chi connectivity index (χ0) is 25.8. The Morgan fingerprint density at radius 2 is 1.71 bits per heavy atom. The molecule has 4 N–H and O–H groups in total. The van der Waals surface area contributed by atoms with Gasteiger partial charge in [0.15, 0.2) is 11.8 Å². The van der Waals surface area contributed by atoms with Crippen molar-refractivity contribution in [2.24, 2.45) is 16.5 Å². The molecule has 3 rings (SSSR count). The van der Waals surface area contributed by atoms with E-state index in [1.165, 1.54) is 24.4 Å². The molecule has 0 atom stereocenters. The number of halogens is 5. The third-order valence-electron chi connectivity index (χ3n) is 4.31. The van der Waals surface area contributed by atoms with Gasteiger partial charge in [-0.15, -0.1) is 0 Å². The maximum atomic E-state index is 13.9. The van der Waals surface area contributed by atoms with Gasteiger partial charge < -0.3 is 11.5 Å². The van der Waals surface area contributed by atoms with E-state index >= 15 is 0 Å². The van der Waals surface area contributed by atoms with E-state index in [4.69, 9.17) is 23.2 Å². The number of pyridine rings is 1. The molecule has 1 aromatic heterocycles. The van der Waals surface area contributed by atoms with Crippen LogP contribution in [-0.2, 0) is 6.18 Å². The highest BCUT2D eigenvalue weighted by molar-refractivity contribution is 6.39. The van der Waals surface area contributed by atoms with Gasteiger partial charge in [0.25, 0.3) is 11.8 Å². The first-order valence-corrected chi connectivity index (χ1v) is 9.88. The van der Waals surface area contributed by atoms with Gasteiger partial charge in [-0.3, -0.25) is 9.59 Å². The summed E-state index contributed by atoms with van der Waals surface area (Å²) in [5.41, 5.74) is 8.09. The van der Waals surface area contributed by atoms with Crippen molar-refractivity contribution in [3.8, 4) is 11.8 Å². The Hall–Kier alpha value is -4.43. The van der Waals surface area contributed by atoms with Crippen molar-refractivity contribution in [1.29, 1.82) is 0 Å². The lowest BCUT2D eigenvalue weighted by molar-refractivity contribution is -0.137. The Bertz CT molecular complexity index is 1380. The molecule has 3 aromatic rings. The second kappa shape index (κ2) is 10.2. The summed E-state index contributed by atoms with van der Waals surface area (Å²) < 4.78 is 55.0. The zero-order valence-electron chi connectivity index (χ0n) is 17.5. The number of carbonyl (C=O) groups excluding carboxylic acids is 2. The molecule has 35 heavy (non-hydrogen) atoms. The van der Waals surface area contributed by atoms with Crippen molar-refractivity contribution in [2.45, 2.75) is 6.18 Å². The molecule has 0 spiro atoms. The Morgan fingerprint density at radius 3 is 2.34 bits per heavy atom. The Morgan fingerprint density at radius 1 is 1.00 bits per heavy atom. The smallest absolute Gasteiger partial charge is 0.370 e. The molecule has 0 bridgehead atoms. The molecule has 0 saturated heterocycles. The second-order valence-corrected chi connectivity index (χ2v) is 7.19. The minimum Gasteiger partial charge on any atom is -0.370 e. The SMILES string of the molecule is NC(N)=NC(=O)c1cc(F)cc(C#Cc2ccc(C(F)(F)F)c(C(=O)N(Cl)c3ccccn3)c2)c1. The number of guanidine groups is 1. The minimum absolute atomic E-state index is 0.00574. The number of aliphatic imine (C=N–C) groups is 1. The van der Waals surface area contributed by atoms with Crippen molar-refractivity contribution in [3.63, 3.8) is 0 Å². The molecule has 0 fully saturated rings. The third-order valence-corrected chi connectivity index (χ3v) is 4.64. The lowest BCUT2D eigenvalue weighted by Crippen LogP contribution is -2.25. The molecule has 0 aliphatic carbocycles. The predicted molar refractivity (Wildman–Crippen MR) is 121 cm³/mol. The average Bonchev–Trinajstić information content (AvgIpc) is 2.80. The summed E-state index contributed by atoms with van der Waals surface area (Å²) in [5, 5.41) is 0. The topological polar surface area (TPSA) is 115 Å². The summed E-state index contributed by atoms with van der Waals surface area (Å²) in [5.74, 6) is 1.56. The fourth-order valence-corrected chi connectivity index (χ4v) is 3.03. The van der Waals surface area contributed by atoms with Gasteiger partial charge in [-0.2, -0.15) is 22.6 Å². The van der Waals surface area contributed by atoms with Crippen molar-refractivity contribution < 1.29 is 27.2 Å². The van der Waals surface area contributed by atoms with Gasteiger partial charge in [0.1, 0.15) is 5.82 Å². The Kier molecular flexibility index (Phi) is 7.37. The van der Waals surface area contributed by atoms with Crippen LogP contribution in [-0.4, -0.2) is 22.8 Å². The first-order chi connectivity index (χ1) is 16.5. The first-order valence-electron chi connectivity index (χ1n) is 9.55. The third kappa shape index (κ3) is 6.33. The molecular weight excluding hydrogens is 490 g/mol. The van der Waals surface area contributed by atoms with Crippen molar-refractivity contribution in [2.75, 3.05) is 4.42 Å². The zero-order valence-corrected chi connectivity index (χ0v) is 18.2. The van der Waals surface area contributed by atoms with Crippen LogP contribution in [0.5, 0.6) is 0 Å². The van der Waals surface area contributed by atoms with Crippen LogP contribution in [0.15, 0.2) is 65.8 Å².